The van der Waals surface area contributed by atoms with Gasteiger partial charge in [-0.3, -0.25) is 0 Å². The van der Waals surface area contributed by atoms with Crippen molar-refractivity contribution in [2.24, 2.45) is 17.8 Å². The Morgan fingerprint density at radius 3 is 2.47 bits per heavy atom. The van der Waals surface area contributed by atoms with Crippen LogP contribution in [0.4, 0.5) is 5.69 Å². The summed E-state index contributed by atoms with van der Waals surface area (Å²) in [5.74, 6) is 2.47. The SMILES string of the molecule is CCn1c(-c2ccc(N(C)C)cc2)[n+](CC(=O)OC2C[C@H](C)CC[C@H]2C(C)C)c2ccccc21. The molecule has 1 unspecified atom stereocenters. The fourth-order valence-electron chi connectivity index (χ4n) is 5.58. The van der Waals surface area contributed by atoms with Gasteiger partial charge in [0.25, 0.3) is 5.82 Å². The number of rotatable bonds is 7. The summed E-state index contributed by atoms with van der Waals surface area (Å²) in [6.45, 7) is 9.97. The highest BCUT2D eigenvalue weighted by molar-refractivity contribution is 5.77. The van der Waals surface area contributed by atoms with Crippen LogP contribution in [0.1, 0.15) is 47.0 Å². The molecule has 34 heavy (non-hydrogen) atoms. The van der Waals surface area contributed by atoms with Crippen molar-refractivity contribution in [3.05, 3.63) is 48.5 Å². The fourth-order valence-corrected chi connectivity index (χ4v) is 5.58. The number of nitrogens with zero attached hydrogens (tertiary/aromatic N) is 3. The third-order valence-corrected chi connectivity index (χ3v) is 7.46. The number of para-hydroxylation sites is 2. The number of aryl methyl sites for hydroxylation is 1. The van der Waals surface area contributed by atoms with E-state index in [1.54, 1.807) is 0 Å². The van der Waals surface area contributed by atoms with E-state index in [4.69, 9.17) is 4.74 Å². The summed E-state index contributed by atoms with van der Waals surface area (Å²) in [6.07, 6.45) is 3.35. The number of aromatic nitrogens is 2. The summed E-state index contributed by atoms with van der Waals surface area (Å²) in [5.41, 5.74) is 4.45. The molecule has 1 aliphatic rings. The maximum atomic E-state index is 13.4. The van der Waals surface area contributed by atoms with Gasteiger partial charge in [0.15, 0.2) is 17.6 Å². The summed E-state index contributed by atoms with van der Waals surface area (Å²) >= 11 is 0. The van der Waals surface area contributed by atoms with Crippen LogP contribution in [0.25, 0.3) is 22.4 Å². The number of fused-ring (bicyclic) bond motifs is 1. The minimum Gasteiger partial charge on any atom is -0.459 e. The zero-order valence-electron chi connectivity index (χ0n) is 21.6. The highest BCUT2D eigenvalue weighted by atomic mass is 16.5. The van der Waals surface area contributed by atoms with Crippen molar-refractivity contribution in [1.29, 1.82) is 0 Å². The third kappa shape index (κ3) is 4.84. The van der Waals surface area contributed by atoms with Crippen molar-refractivity contribution >= 4 is 22.7 Å². The van der Waals surface area contributed by atoms with Gasteiger partial charge < -0.3 is 9.64 Å². The first-order chi connectivity index (χ1) is 16.3. The van der Waals surface area contributed by atoms with Gasteiger partial charge in [0.2, 0.25) is 0 Å². The molecule has 5 nitrogen and oxygen atoms in total. The van der Waals surface area contributed by atoms with E-state index < -0.39 is 0 Å². The van der Waals surface area contributed by atoms with E-state index in [9.17, 15) is 4.79 Å². The molecule has 1 saturated carbocycles. The van der Waals surface area contributed by atoms with Crippen LogP contribution >= 0.6 is 0 Å². The van der Waals surface area contributed by atoms with Gasteiger partial charge in [0.1, 0.15) is 6.10 Å². The minimum atomic E-state index is -0.139. The quantitative estimate of drug-likeness (QED) is 0.335. The first-order valence-corrected chi connectivity index (χ1v) is 12.8. The topological polar surface area (TPSA) is 38.4 Å². The number of carbonyl (C=O) groups excluding carboxylic acids is 1. The van der Waals surface area contributed by atoms with E-state index in [0.29, 0.717) is 17.8 Å². The Morgan fingerprint density at radius 1 is 1.12 bits per heavy atom. The lowest BCUT2D eigenvalue weighted by Crippen LogP contribution is -2.43. The molecule has 0 N–H and O–H groups in total. The van der Waals surface area contributed by atoms with Gasteiger partial charge >= 0.3 is 5.97 Å². The molecule has 0 bridgehead atoms. The van der Waals surface area contributed by atoms with Crippen LogP contribution in [0.2, 0.25) is 0 Å². The molecule has 2 aromatic carbocycles. The van der Waals surface area contributed by atoms with Gasteiger partial charge in [-0.05, 0) is 73.9 Å². The fraction of sp³-hybridized carbons (Fsp3) is 0.517. The zero-order valence-corrected chi connectivity index (χ0v) is 21.6. The molecule has 5 heteroatoms. The van der Waals surface area contributed by atoms with E-state index in [-0.39, 0.29) is 18.6 Å². The smallest absolute Gasteiger partial charge is 0.348 e. The summed E-state index contributed by atoms with van der Waals surface area (Å²) in [7, 11) is 4.09. The Morgan fingerprint density at radius 2 is 1.82 bits per heavy atom. The number of carbonyl (C=O) groups is 1. The Hall–Kier alpha value is -2.82. The molecular weight excluding hydrogens is 422 g/mol. The van der Waals surface area contributed by atoms with Gasteiger partial charge in [-0.25, -0.2) is 13.9 Å². The van der Waals surface area contributed by atoms with Gasteiger partial charge in [-0.1, -0.05) is 39.3 Å². The number of anilines is 1. The van der Waals surface area contributed by atoms with E-state index in [1.165, 1.54) is 6.42 Å². The van der Waals surface area contributed by atoms with Gasteiger partial charge in [-0.2, -0.15) is 0 Å². The maximum Gasteiger partial charge on any atom is 0.348 e. The summed E-state index contributed by atoms with van der Waals surface area (Å²) < 4.78 is 10.6. The lowest BCUT2D eigenvalue weighted by Gasteiger charge is -2.36. The molecule has 1 heterocycles. The molecular formula is C29H40N3O2+. The average molecular weight is 463 g/mol. The number of esters is 1. The zero-order chi connectivity index (χ0) is 24.4. The first-order valence-electron chi connectivity index (χ1n) is 12.8. The van der Waals surface area contributed by atoms with Crippen molar-refractivity contribution < 1.29 is 14.1 Å². The summed E-state index contributed by atoms with van der Waals surface area (Å²) in [5, 5.41) is 0. The molecule has 4 rings (SSSR count). The predicted octanol–water partition coefficient (Wildman–Crippen LogP) is 5.69. The Kier molecular flexibility index (Phi) is 7.30. The van der Waals surface area contributed by atoms with Crippen molar-refractivity contribution in [3.8, 4) is 11.4 Å². The van der Waals surface area contributed by atoms with Crippen molar-refractivity contribution in [3.63, 3.8) is 0 Å². The Labute approximate surface area is 204 Å². The summed E-state index contributed by atoms with van der Waals surface area (Å²) in [4.78, 5) is 15.5. The molecule has 0 saturated heterocycles. The molecule has 1 fully saturated rings. The highest BCUT2D eigenvalue weighted by Gasteiger charge is 2.35. The summed E-state index contributed by atoms with van der Waals surface area (Å²) in [6, 6.07) is 16.9. The molecule has 0 aliphatic heterocycles. The lowest BCUT2D eigenvalue weighted by atomic mass is 9.75. The van der Waals surface area contributed by atoms with Gasteiger partial charge in [-0.15, -0.1) is 0 Å². The Balaban J connectivity index is 1.70. The van der Waals surface area contributed by atoms with Gasteiger partial charge in [0.05, 0.1) is 12.1 Å². The molecule has 0 spiro atoms. The highest BCUT2D eigenvalue weighted by Crippen LogP contribution is 2.35. The molecule has 182 valence electrons. The monoisotopic (exact) mass is 462 g/mol. The van der Waals surface area contributed by atoms with Crippen LogP contribution in [0.15, 0.2) is 48.5 Å². The molecule has 0 radical (unpaired) electrons. The van der Waals surface area contributed by atoms with E-state index >= 15 is 0 Å². The Bertz CT molecular complexity index is 1130. The molecule has 3 atom stereocenters. The largest absolute Gasteiger partial charge is 0.459 e. The minimum absolute atomic E-state index is 0.0131. The predicted molar refractivity (Wildman–Crippen MR) is 139 cm³/mol. The number of benzene rings is 2. The number of hydrogen-bond donors (Lipinski definition) is 0. The third-order valence-electron chi connectivity index (χ3n) is 7.46. The van der Waals surface area contributed by atoms with Crippen molar-refractivity contribution in [2.75, 3.05) is 19.0 Å². The standard InChI is InChI=1S/C29H40N3O2/c1-7-31-25-10-8-9-11-26(25)32(29(31)22-13-15-23(16-14-22)30(5)6)19-28(33)34-27-18-21(4)12-17-24(27)20(2)3/h8-11,13-16,20-21,24,27H,7,12,17-19H2,1-6H3/q+1/t21-,24+,27?/m1/s1. The van der Waals surface area contributed by atoms with Crippen LogP contribution in [0, 0.1) is 17.8 Å². The molecule has 0 amide bonds. The van der Waals surface area contributed by atoms with Crippen LogP contribution in [0.5, 0.6) is 0 Å². The average Bonchev–Trinajstić information content (AvgIpc) is 3.12. The number of ether oxygens (including phenoxy) is 1. The van der Waals surface area contributed by atoms with E-state index in [2.05, 4.69) is 84.2 Å². The maximum absolute atomic E-state index is 13.4. The van der Waals surface area contributed by atoms with Crippen LogP contribution in [-0.4, -0.2) is 30.7 Å². The lowest BCUT2D eigenvalue weighted by molar-refractivity contribution is -0.649. The van der Waals surface area contributed by atoms with Gasteiger partial charge in [0, 0.05) is 19.8 Å². The second kappa shape index (κ2) is 10.2. The van der Waals surface area contributed by atoms with Crippen molar-refractivity contribution in [1.82, 2.24) is 4.57 Å². The normalized spacial score (nSPS) is 20.6. The second-order valence-electron chi connectivity index (χ2n) is 10.4. The van der Waals surface area contributed by atoms with Crippen LogP contribution in [-0.2, 0) is 22.6 Å². The van der Waals surface area contributed by atoms with Crippen LogP contribution < -0.4 is 9.47 Å². The van der Waals surface area contributed by atoms with E-state index in [0.717, 1.165) is 47.5 Å². The molecule has 1 aromatic heterocycles. The molecule has 3 aromatic rings. The van der Waals surface area contributed by atoms with Crippen molar-refractivity contribution in [2.45, 2.75) is 66.2 Å². The second-order valence-corrected chi connectivity index (χ2v) is 10.4. The van der Waals surface area contributed by atoms with Crippen LogP contribution in [0.3, 0.4) is 0 Å². The van der Waals surface area contributed by atoms with E-state index in [1.807, 2.05) is 20.2 Å². The number of hydrogen-bond acceptors (Lipinski definition) is 3. The first kappa shape index (κ1) is 24.3. The molecule has 1 aliphatic carbocycles. The number of imidazole rings is 1.